The number of nitrogens with zero attached hydrogens (tertiary/aromatic N) is 3. The molecule has 1 aliphatic carbocycles. The van der Waals surface area contributed by atoms with E-state index in [1.54, 1.807) is 6.33 Å². The van der Waals surface area contributed by atoms with Crippen molar-refractivity contribution in [1.29, 1.82) is 0 Å². The predicted octanol–water partition coefficient (Wildman–Crippen LogP) is 2.90. The molecule has 1 aliphatic heterocycles. The van der Waals surface area contributed by atoms with Crippen molar-refractivity contribution in [2.24, 2.45) is 0 Å². The first-order chi connectivity index (χ1) is 11.8. The van der Waals surface area contributed by atoms with E-state index in [2.05, 4.69) is 25.9 Å². The van der Waals surface area contributed by atoms with E-state index in [0.29, 0.717) is 5.92 Å². The van der Waals surface area contributed by atoms with E-state index >= 15 is 0 Å². The Labute approximate surface area is 139 Å². The molecule has 2 aliphatic rings. The summed E-state index contributed by atoms with van der Waals surface area (Å²) in [5.74, 6) is 0.626. The summed E-state index contributed by atoms with van der Waals surface area (Å²) in [4.78, 5) is 27.0. The summed E-state index contributed by atoms with van der Waals surface area (Å²) >= 11 is 0. The number of nitrogens with one attached hydrogen (secondary N) is 1. The lowest BCUT2D eigenvalue weighted by molar-refractivity contribution is 0.0571. The number of carbonyl (C=O) groups is 1. The molecule has 5 heteroatoms. The molecule has 120 valence electrons. The largest absolute Gasteiger partial charge is 0.345 e. The molecule has 1 amide bonds. The highest BCUT2D eigenvalue weighted by molar-refractivity contribution is 5.97. The number of pyridine rings is 1. The molecule has 1 aromatic carbocycles. The molecular weight excluding hydrogens is 300 g/mol. The van der Waals surface area contributed by atoms with Gasteiger partial charge in [-0.25, -0.2) is 4.98 Å². The fourth-order valence-corrected chi connectivity index (χ4v) is 4.24. The number of aromatic nitrogens is 3. The highest BCUT2D eigenvalue weighted by atomic mass is 16.2. The Morgan fingerprint density at radius 1 is 1.25 bits per heavy atom. The lowest BCUT2D eigenvalue weighted by Crippen LogP contribution is -2.49. The third-order valence-corrected chi connectivity index (χ3v) is 5.41. The number of piperidine rings is 1. The van der Waals surface area contributed by atoms with Crippen LogP contribution in [0, 0.1) is 0 Å². The molecule has 0 spiro atoms. The number of imidazole rings is 1. The van der Waals surface area contributed by atoms with Gasteiger partial charge in [-0.1, -0.05) is 6.07 Å². The van der Waals surface area contributed by atoms with Gasteiger partial charge in [0.15, 0.2) is 0 Å². The van der Waals surface area contributed by atoms with Crippen LogP contribution in [0.1, 0.15) is 40.4 Å². The topological polar surface area (TPSA) is 61.9 Å². The Hall–Kier alpha value is -2.69. The SMILES string of the molecule is O=C(c1ccc2nc[nH]c2c1)N1CC[C@@H]2C[C@H]1Cc1cccnc12. The first-order valence-corrected chi connectivity index (χ1v) is 8.47. The number of amides is 1. The van der Waals surface area contributed by atoms with Crippen molar-refractivity contribution in [2.45, 2.75) is 31.2 Å². The molecule has 2 atom stereocenters. The molecule has 5 nitrogen and oxygen atoms in total. The van der Waals surface area contributed by atoms with E-state index in [4.69, 9.17) is 0 Å². The molecule has 0 radical (unpaired) electrons. The van der Waals surface area contributed by atoms with Gasteiger partial charge in [-0.2, -0.15) is 0 Å². The molecule has 1 saturated heterocycles. The van der Waals surface area contributed by atoms with Gasteiger partial charge in [0.25, 0.3) is 5.91 Å². The van der Waals surface area contributed by atoms with E-state index in [1.165, 1.54) is 11.3 Å². The van der Waals surface area contributed by atoms with Gasteiger partial charge in [0, 0.05) is 36.0 Å². The van der Waals surface area contributed by atoms with Crippen molar-refractivity contribution in [2.75, 3.05) is 6.54 Å². The fourth-order valence-electron chi connectivity index (χ4n) is 4.24. The predicted molar refractivity (Wildman–Crippen MR) is 90.8 cm³/mol. The minimum atomic E-state index is 0.127. The Balaban J connectivity index is 1.46. The maximum Gasteiger partial charge on any atom is 0.254 e. The Bertz CT molecular complexity index is 932. The van der Waals surface area contributed by atoms with Crippen molar-refractivity contribution in [3.05, 3.63) is 59.7 Å². The van der Waals surface area contributed by atoms with Gasteiger partial charge in [0.05, 0.1) is 17.4 Å². The Kier molecular flexibility index (Phi) is 2.95. The van der Waals surface area contributed by atoms with Crippen LogP contribution in [0.3, 0.4) is 0 Å². The number of benzene rings is 1. The number of aromatic amines is 1. The number of rotatable bonds is 1. The highest BCUT2D eigenvalue weighted by Gasteiger charge is 2.37. The summed E-state index contributed by atoms with van der Waals surface area (Å²) in [6, 6.07) is 10.1. The number of hydrogen-bond donors (Lipinski definition) is 1. The van der Waals surface area contributed by atoms with Crippen molar-refractivity contribution in [1.82, 2.24) is 19.9 Å². The zero-order valence-corrected chi connectivity index (χ0v) is 13.3. The number of hydrogen-bond acceptors (Lipinski definition) is 3. The lowest BCUT2D eigenvalue weighted by Gasteiger charge is -2.43. The van der Waals surface area contributed by atoms with Gasteiger partial charge in [-0.05, 0) is 49.1 Å². The molecule has 0 saturated carbocycles. The molecule has 2 bridgehead atoms. The second-order valence-corrected chi connectivity index (χ2v) is 6.76. The quantitative estimate of drug-likeness (QED) is 0.750. The fraction of sp³-hybridized carbons (Fsp3) is 0.316. The molecule has 24 heavy (non-hydrogen) atoms. The normalized spacial score (nSPS) is 22.4. The first-order valence-electron chi connectivity index (χ1n) is 8.47. The van der Waals surface area contributed by atoms with Crippen molar-refractivity contribution < 1.29 is 4.79 Å². The van der Waals surface area contributed by atoms with E-state index in [9.17, 15) is 4.79 Å². The van der Waals surface area contributed by atoms with E-state index in [0.717, 1.165) is 42.4 Å². The van der Waals surface area contributed by atoms with E-state index < -0.39 is 0 Å². The molecule has 5 rings (SSSR count). The van der Waals surface area contributed by atoms with Gasteiger partial charge in [0.2, 0.25) is 0 Å². The maximum atomic E-state index is 13.1. The maximum absolute atomic E-state index is 13.1. The molecule has 0 unspecified atom stereocenters. The third kappa shape index (κ3) is 2.04. The van der Waals surface area contributed by atoms with Crippen molar-refractivity contribution in [3.63, 3.8) is 0 Å². The molecule has 2 aromatic heterocycles. The number of carbonyl (C=O) groups excluding carboxylic acids is 1. The second-order valence-electron chi connectivity index (χ2n) is 6.76. The Morgan fingerprint density at radius 3 is 3.17 bits per heavy atom. The average molecular weight is 318 g/mol. The molecule has 1 fully saturated rings. The van der Waals surface area contributed by atoms with Crippen LogP contribution in [0.25, 0.3) is 11.0 Å². The van der Waals surface area contributed by atoms with Gasteiger partial charge < -0.3 is 9.88 Å². The van der Waals surface area contributed by atoms with Gasteiger partial charge in [-0.3, -0.25) is 9.78 Å². The summed E-state index contributed by atoms with van der Waals surface area (Å²) in [5, 5.41) is 0. The lowest BCUT2D eigenvalue weighted by atomic mass is 9.78. The monoisotopic (exact) mass is 318 g/mol. The zero-order chi connectivity index (χ0) is 16.1. The highest BCUT2D eigenvalue weighted by Crippen LogP contribution is 2.39. The van der Waals surface area contributed by atoms with E-state index in [1.807, 2.05) is 30.5 Å². The van der Waals surface area contributed by atoms with Crippen LogP contribution < -0.4 is 0 Å². The van der Waals surface area contributed by atoms with E-state index in [-0.39, 0.29) is 11.9 Å². The van der Waals surface area contributed by atoms with Crippen LogP contribution in [0.2, 0.25) is 0 Å². The van der Waals surface area contributed by atoms with Crippen molar-refractivity contribution in [3.8, 4) is 0 Å². The summed E-state index contributed by atoms with van der Waals surface area (Å²) < 4.78 is 0. The summed E-state index contributed by atoms with van der Waals surface area (Å²) in [5.41, 5.74) is 5.10. The number of fused-ring (bicyclic) bond motifs is 5. The molecule has 3 heterocycles. The van der Waals surface area contributed by atoms with Crippen LogP contribution in [-0.4, -0.2) is 38.3 Å². The van der Waals surface area contributed by atoms with Crippen molar-refractivity contribution >= 4 is 16.9 Å². The van der Waals surface area contributed by atoms with Crippen LogP contribution in [0.5, 0.6) is 0 Å². The smallest absolute Gasteiger partial charge is 0.254 e. The van der Waals surface area contributed by atoms with Gasteiger partial charge in [-0.15, -0.1) is 0 Å². The van der Waals surface area contributed by atoms with Gasteiger partial charge >= 0.3 is 0 Å². The molecule has 1 N–H and O–H groups in total. The summed E-state index contributed by atoms with van der Waals surface area (Å²) in [6.07, 6.45) is 6.49. The van der Waals surface area contributed by atoms with Crippen LogP contribution in [-0.2, 0) is 6.42 Å². The molecule has 3 aromatic rings. The molecular formula is C19H18N4O. The number of likely N-dealkylation sites (tertiary alicyclic amines) is 1. The van der Waals surface area contributed by atoms with Crippen LogP contribution in [0.15, 0.2) is 42.9 Å². The Morgan fingerprint density at radius 2 is 2.21 bits per heavy atom. The minimum absolute atomic E-state index is 0.127. The summed E-state index contributed by atoms with van der Waals surface area (Å²) in [7, 11) is 0. The first kappa shape index (κ1) is 13.7. The van der Waals surface area contributed by atoms with Gasteiger partial charge in [0.1, 0.15) is 0 Å². The zero-order valence-electron chi connectivity index (χ0n) is 13.3. The second kappa shape index (κ2) is 5.16. The third-order valence-electron chi connectivity index (χ3n) is 5.41. The minimum Gasteiger partial charge on any atom is -0.345 e. The average Bonchev–Trinajstić information content (AvgIpc) is 3.09. The standard InChI is InChI=1S/C19H18N4O/c24-19(14-3-4-16-17(10-14)22-11-21-16)23-7-5-13-9-15(23)8-12-2-1-6-20-18(12)13/h1-4,6,10-11,13,15H,5,7-9H2,(H,21,22)/t13-,15-/m1/s1. The van der Waals surface area contributed by atoms with Crippen LogP contribution in [0.4, 0.5) is 0 Å². The summed E-state index contributed by atoms with van der Waals surface area (Å²) in [6.45, 7) is 0.811. The van der Waals surface area contributed by atoms with Crippen LogP contribution >= 0.6 is 0 Å². The number of H-pyrrole nitrogens is 1.